The van der Waals surface area contributed by atoms with Crippen molar-refractivity contribution in [3.8, 4) is 11.4 Å². The van der Waals surface area contributed by atoms with Crippen LogP contribution in [0.2, 0.25) is 0 Å². The smallest absolute Gasteiger partial charge is 0.262 e. The van der Waals surface area contributed by atoms with Crippen molar-refractivity contribution in [2.45, 2.75) is 6.92 Å². The van der Waals surface area contributed by atoms with Crippen molar-refractivity contribution in [1.82, 2.24) is 29.1 Å². The second kappa shape index (κ2) is 5.05. The maximum absolute atomic E-state index is 12.2. The number of nitrogens with zero attached hydrogens (tertiary/aromatic N) is 5. The Morgan fingerprint density at radius 2 is 2.04 bits per heavy atom. The van der Waals surface area contributed by atoms with Gasteiger partial charge in [0.15, 0.2) is 0 Å². The summed E-state index contributed by atoms with van der Waals surface area (Å²) in [6.45, 7) is 1.87. The largest absolute Gasteiger partial charge is 0.351 e. The fourth-order valence-electron chi connectivity index (χ4n) is 2.65. The fraction of sp³-hybridized carbons (Fsp3) is 0.125. The Labute approximate surface area is 135 Å². The van der Waals surface area contributed by atoms with E-state index in [2.05, 4.69) is 15.2 Å². The molecule has 8 heteroatoms. The van der Waals surface area contributed by atoms with Gasteiger partial charge in [-0.15, -0.1) is 0 Å². The molecule has 0 spiro atoms. The summed E-state index contributed by atoms with van der Waals surface area (Å²) in [4.78, 5) is 27.9. The van der Waals surface area contributed by atoms with E-state index in [1.54, 1.807) is 17.1 Å². The normalized spacial score (nSPS) is 11.2. The average molecular weight is 322 g/mol. The number of aromatic nitrogens is 6. The third-order valence-electron chi connectivity index (χ3n) is 3.96. The molecule has 4 rings (SSSR count). The van der Waals surface area contributed by atoms with Crippen LogP contribution in [0.5, 0.6) is 0 Å². The molecule has 0 aliphatic carbocycles. The van der Waals surface area contributed by atoms with Gasteiger partial charge in [-0.1, -0.05) is 0 Å². The topological polar surface area (TPSA) is 90.5 Å². The quantitative estimate of drug-likeness (QED) is 0.594. The lowest BCUT2D eigenvalue weighted by Gasteiger charge is -2.04. The Morgan fingerprint density at radius 1 is 1.21 bits per heavy atom. The van der Waals surface area contributed by atoms with Crippen LogP contribution in [0.4, 0.5) is 0 Å². The minimum absolute atomic E-state index is 0.415. The van der Waals surface area contributed by atoms with Gasteiger partial charge in [0.1, 0.15) is 0 Å². The molecule has 3 heterocycles. The number of benzene rings is 1. The number of aryl methyl sites for hydroxylation is 1. The van der Waals surface area contributed by atoms with Gasteiger partial charge in [-0.2, -0.15) is 5.10 Å². The van der Waals surface area contributed by atoms with Crippen molar-refractivity contribution in [2.75, 3.05) is 0 Å². The van der Waals surface area contributed by atoms with E-state index in [4.69, 9.17) is 0 Å². The Hall–Kier alpha value is -3.42. The van der Waals surface area contributed by atoms with Crippen LogP contribution in [-0.4, -0.2) is 29.1 Å². The van der Waals surface area contributed by atoms with Gasteiger partial charge < -0.3 is 0 Å². The Balaban J connectivity index is 1.93. The summed E-state index contributed by atoms with van der Waals surface area (Å²) in [6.07, 6.45) is 5.29. The minimum atomic E-state index is -0.453. The first-order valence-corrected chi connectivity index (χ1v) is 7.33. The molecular formula is C16H14N6O2. The monoisotopic (exact) mass is 322 g/mol. The maximum Gasteiger partial charge on any atom is 0.351 e. The van der Waals surface area contributed by atoms with Crippen molar-refractivity contribution in [1.29, 1.82) is 0 Å². The Bertz CT molecular complexity index is 1160. The summed E-state index contributed by atoms with van der Waals surface area (Å²) < 4.78 is 4.01. The lowest BCUT2D eigenvalue weighted by molar-refractivity contribution is 0.793. The van der Waals surface area contributed by atoms with Crippen molar-refractivity contribution in [3.63, 3.8) is 0 Å². The van der Waals surface area contributed by atoms with Crippen molar-refractivity contribution in [2.24, 2.45) is 7.05 Å². The van der Waals surface area contributed by atoms with E-state index in [9.17, 15) is 9.59 Å². The zero-order chi connectivity index (χ0) is 16.8. The summed E-state index contributed by atoms with van der Waals surface area (Å²) in [5.41, 5.74) is 2.23. The first-order valence-electron chi connectivity index (χ1n) is 7.33. The number of hydrogen-bond acceptors (Lipinski definition) is 4. The second-order valence-corrected chi connectivity index (χ2v) is 5.58. The molecule has 3 aromatic heterocycles. The van der Waals surface area contributed by atoms with Crippen LogP contribution in [0.1, 0.15) is 5.56 Å². The van der Waals surface area contributed by atoms with Crippen LogP contribution >= 0.6 is 0 Å². The first-order chi connectivity index (χ1) is 11.5. The number of pyridine rings is 1. The molecule has 0 aliphatic rings. The predicted octanol–water partition coefficient (Wildman–Crippen LogP) is 0.907. The van der Waals surface area contributed by atoms with Crippen molar-refractivity contribution >= 4 is 10.9 Å². The number of rotatable bonds is 2. The van der Waals surface area contributed by atoms with Gasteiger partial charge in [-0.3, -0.25) is 4.98 Å². The van der Waals surface area contributed by atoms with E-state index < -0.39 is 11.4 Å². The van der Waals surface area contributed by atoms with Crippen LogP contribution in [-0.2, 0) is 7.05 Å². The van der Waals surface area contributed by atoms with Gasteiger partial charge in [0, 0.05) is 24.8 Å². The van der Waals surface area contributed by atoms with E-state index in [0.717, 1.165) is 26.7 Å². The molecule has 120 valence electrons. The molecule has 1 aromatic carbocycles. The molecule has 0 radical (unpaired) electrons. The van der Waals surface area contributed by atoms with Gasteiger partial charge in [0.25, 0.3) is 0 Å². The molecule has 0 atom stereocenters. The van der Waals surface area contributed by atoms with Crippen molar-refractivity contribution in [3.05, 3.63) is 69.4 Å². The minimum Gasteiger partial charge on any atom is -0.262 e. The van der Waals surface area contributed by atoms with Crippen molar-refractivity contribution < 1.29 is 0 Å². The summed E-state index contributed by atoms with van der Waals surface area (Å²) in [5, 5.41) is 7.94. The highest BCUT2D eigenvalue weighted by atomic mass is 16.2. The summed E-state index contributed by atoms with van der Waals surface area (Å²) in [6, 6.07) is 7.47. The van der Waals surface area contributed by atoms with Crippen LogP contribution in [0.25, 0.3) is 22.3 Å². The number of aromatic amines is 1. The van der Waals surface area contributed by atoms with Gasteiger partial charge in [-0.25, -0.2) is 28.6 Å². The van der Waals surface area contributed by atoms with Gasteiger partial charge >= 0.3 is 11.4 Å². The molecule has 0 unspecified atom stereocenters. The number of H-pyrrole nitrogens is 1. The number of hydrogen-bond donors (Lipinski definition) is 1. The highest BCUT2D eigenvalue weighted by molar-refractivity contribution is 5.82. The van der Waals surface area contributed by atoms with E-state index in [0.29, 0.717) is 5.69 Å². The van der Waals surface area contributed by atoms with E-state index in [-0.39, 0.29) is 0 Å². The lowest BCUT2D eigenvalue weighted by atomic mass is 10.1. The lowest BCUT2D eigenvalue weighted by Crippen LogP contribution is -2.25. The number of fused-ring (bicyclic) bond motifs is 1. The van der Waals surface area contributed by atoms with Crippen LogP contribution in [0.3, 0.4) is 0 Å². The average Bonchev–Trinajstić information content (AvgIpc) is 3.11. The van der Waals surface area contributed by atoms with Crippen LogP contribution in [0.15, 0.2) is 52.4 Å². The summed E-state index contributed by atoms with van der Waals surface area (Å²) in [5.74, 6) is 0. The molecule has 0 saturated carbocycles. The Morgan fingerprint density at radius 3 is 2.71 bits per heavy atom. The molecule has 4 aromatic rings. The van der Waals surface area contributed by atoms with E-state index in [1.165, 1.54) is 11.7 Å². The van der Waals surface area contributed by atoms with E-state index >= 15 is 0 Å². The Kier molecular flexibility index (Phi) is 2.99. The predicted molar refractivity (Wildman–Crippen MR) is 88.8 cm³/mol. The first kappa shape index (κ1) is 14.2. The molecule has 1 N–H and O–H groups in total. The van der Waals surface area contributed by atoms with Crippen LogP contribution in [0, 0.1) is 6.92 Å². The fourth-order valence-corrected chi connectivity index (χ4v) is 2.65. The standard InChI is InChI=1S/C16H14N6O2/c1-10-6-13-11(9-21(18-13)12-4-3-5-17-8-12)7-14(10)22-16(24)20(2)15(23)19-22/h3-9H,1-2H3,(H,19,23). The zero-order valence-corrected chi connectivity index (χ0v) is 13.1. The zero-order valence-electron chi connectivity index (χ0n) is 13.1. The third kappa shape index (κ3) is 2.08. The SMILES string of the molecule is Cc1cc2nn(-c3cccnc3)cc2cc1-n1[nH]c(=O)n(C)c1=O. The molecule has 0 bridgehead atoms. The molecular weight excluding hydrogens is 308 g/mol. The molecule has 24 heavy (non-hydrogen) atoms. The van der Waals surface area contributed by atoms with E-state index in [1.807, 2.05) is 37.4 Å². The van der Waals surface area contributed by atoms with Gasteiger partial charge in [0.05, 0.1) is 23.1 Å². The summed E-state index contributed by atoms with van der Waals surface area (Å²) in [7, 11) is 1.44. The third-order valence-corrected chi connectivity index (χ3v) is 3.96. The summed E-state index contributed by atoms with van der Waals surface area (Å²) >= 11 is 0. The molecule has 8 nitrogen and oxygen atoms in total. The highest BCUT2D eigenvalue weighted by Gasteiger charge is 2.12. The molecule has 0 amide bonds. The highest BCUT2D eigenvalue weighted by Crippen LogP contribution is 2.21. The van der Waals surface area contributed by atoms with Gasteiger partial charge in [0.2, 0.25) is 0 Å². The van der Waals surface area contributed by atoms with Gasteiger partial charge in [-0.05, 0) is 36.8 Å². The maximum atomic E-state index is 12.2. The van der Waals surface area contributed by atoms with Crippen LogP contribution < -0.4 is 11.4 Å². The molecule has 0 fully saturated rings. The second-order valence-electron chi connectivity index (χ2n) is 5.58. The molecule has 0 aliphatic heterocycles. The number of nitrogens with one attached hydrogen (secondary N) is 1. The molecule has 0 saturated heterocycles.